The van der Waals surface area contributed by atoms with Crippen molar-refractivity contribution < 1.29 is 4.42 Å². The number of aromatic nitrogens is 5. The van der Waals surface area contributed by atoms with E-state index in [1.54, 1.807) is 0 Å². The van der Waals surface area contributed by atoms with Gasteiger partial charge in [0.05, 0.1) is 0 Å². The van der Waals surface area contributed by atoms with Gasteiger partial charge in [-0.2, -0.15) is 5.21 Å². The largest absolute Gasteiger partial charge is 0.440 e. The lowest BCUT2D eigenvalue weighted by Gasteiger charge is -2.05. The molecule has 0 bridgehead atoms. The number of nitrogens with zero attached hydrogens (tertiary/aromatic N) is 4. The fourth-order valence-corrected chi connectivity index (χ4v) is 3.46. The number of nitrogens with one attached hydrogen (secondary N) is 1. The summed E-state index contributed by atoms with van der Waals surface area (Å²) in [6.07, 6.45) is 5.17. The zero-order valence-corrected chi connectivity index (χ0v) is 16.6. The molecule has 1 unspecified atom stereocenters. The van der Waals surface area contributed by atoms with Gasteiger partial charge in [0, 0.05) is 23.5 Å². The molecular weight excluding hydrogens is 362 g/mol. The summed E-state index contributed by atoms with van der Waals surface area (Å²) in [7, 11) is 0. The van der Waals surface area contributed by atoms with Crippen LogP contribution in [0.3, 0.4) is 0 Å². The Bertz CT molecular complexity index is 939. The predicted octanol–water partition coefficient (Wildman–Crippen LogP) is 5.43. The fraction of sp³-hybridized carbons (Fsp3) is 0.304. The molecule has 6 nitrogen and oxygen atoms in total. The minimum atomic E-state index is 0.324. The Morgan fingerprint density at radius 1 is 0.897 bits per heavy atom. The summed E-state index contributed by atoms with van der Waals surface area (Å²) in [6.45, 7) is 2.14. The number of aromatic amines is 1. The van der Waals surface area contributed by atoms with Crippen LogP contribution in [0.1, 0.15) is 50.2 Å². The molecule has 2 heterocycles. The van der Waals surface area contributed by atoms with Crippen molar-refractivity contribution in [2.75, 3.05) is 0 Å². The van der Waals surface area contributed by atoms with Gasteiger partial charge in [0.15, 0.2) is 17.5 Å². The third-order valence-corrected chi connectivity index (χ3v) is 5.08. The second kappa shape index (κ2) is 9.28. The molecule has 1 N–H and O–H groups in total. The molecule has 0 radical (unpaired) electrons. The van der Waals surface area contributed by atoms with Crippen LogP contribution in [0.15, 0.2) is 65.1 Å². The van der Waals surface area contributed by atoms with E-state index in [0.29, 0.717) is 5.92 Å². The first-order valence-corrected chi connectivity index (χ1v) is 10.1. The monoisotopic (exact) mass is 387 g/mol. The highest BCUT2D eigenvalue weighted by Gasteiger charge is 2.16. The number of tetrazole rings is 1. The van der Waals surface area contributed by atoms with Crippen LogP contribution in [-0.2, 0) is 6.42 Å². The van der Waals surface area contributed by atoms with Gasteiger partial charge in [0.1, 0.15) is 5.69 Å². The molecular formula is C23H25N5O. The summed E-state index contributed by atoms with van der Waals surface area (Å²) in [4.78, 5) is 4.83. The summed E-state index contributed by atoms with van der Waals surface area (Å²) < 4.78 is 6.20. The van der Waals surface area contributed by atoms with Crippen molar-refractivity contribution in [3.8, 4) is 22.6 Å². The first-order valence-electron chi connectivity index (χ1n) is 10.1. The molecule has 0 amide bonds. The predicted molar refractivity (Wildman–Crippen MR) is 112 cm³/mol. The van der Waals surface area contributed by atoms with Gasteiger partial charge in [0.25, 0.3) is 0 Å². The fourth-order valence-electron chi connectivity index (χ4n) is 3.46. The Morgan fingerprint density at radius 3 is 2.31 bits per heavy atom. The number of hydrogen-bond acceptors (Lipinski definition) is 5. The van der Waals surface area contributed by atoms with Crippen LogP contribution in [0, 0.1) is 0 Å². The first kappa shape index (κ1) is 19.1. The normalized spacial score (nSPS) is 12.2. The number of H-pyrrole nitrogens is 1. The van der Waals surface area contributed by atoms with Gasteiger partial charge in [0.2, 0.25) is 0 Å². The number of hydrogen-bond donors (Lipinski definition) is 1. The van der Waals surface area contributed by atoms with E-state index in [1.807, 2.05) is 36.4 Å². The van der Waals surface area contributed by atoms with Crippen LogP contribution >= 0.6 is 0 Å². The molecule has 2 aromatic heterocycles. The quantitative estimate of drug-likeness (QED) is 0.387. The molecule has 0 saturated heterocycles. The van der Waals surface area contributed by atoms with Gasteiger partial charge in [-0.05, 0) is 12.8 Å². The lowest BCUT2D eigenvalue weighted by atomic mass is 10.0. The summed E-state index contributed by atoms with van der Waals surface area (Å²) >= 11 is 0. The molecule has 6 heteroatoms. The second-order valence-corrected chi connectivity index (χ2v) is 7.29. The van der Waals surface area contributed by atoms with Crippen molar-refractivity contribution >= 4 is 0 Å². The first-order chi connectivity index (χ1) is 14.3. The zero-order chi connectivity index (χ0) is 19.9. The number of oxazole rings is 1. The Kier molecular flexibility index (Phi) is 6.10. The molecule has 29 heavy (non-hydrogen) atoms. The topological polar surface area (TPSA) is 80.5 Å². The zero-order valence-electron chi connectivity index (χ0n) is 16.6. The molecule has 4 aromatic rings. The van der Waals surface area contributed by atoms with Gasteiger partial charge in [-0.25, -0.2) is 4.98 Å². The van der Waals surface area contributed by atoms with Crippen LogP contribution in [0.4, 0.5) is 0 Å². The van der Waals surface area contributed by atoms with Gasteiger partial charge in [-0.3, -0.25) is 0 Å². The summed E-state index contributed by atoms with van der Waals surface area (Å²) in [5, 5.41) is 14.3. The smallest absolute Gasteiger partial charge is 0.195 e. The Balaban J connectivity index is 1.40. The maximum atomic E-state index is 6.20. The van der Waals surface area contributed by atoms with Crippen LogP contribution in [0.25, 0.3) is 22.6 Å². The van der Waals surface area contributed by atoms with E-state index in [9.17, 15) is 0 Å². The summed E-state index contributed by atoms with van der Waals surface area (Å²) in [6, 6.07) is 20.4. The Hall–Kier alpha value is -3.28. The van der Waals surface area contributed by atoms with Gasteiger partial charge >= 0.3 is 0 Å². The maximum Gasteiger partial charge on any atom is 0.195 e. The lowest BCUT2D eigenvalue weighted by molar-refractivity contribution is 0.484. The minimum absolute atomic E-state index is 0.324. The van der Waals surface area contributed by atoms with Crippen molar-refractivity contribution in [2.45, 2.75) is 44.9 Å². The van der Waals surface area contributed by atoms with E-state index in [-0.39, 0.29) is 0 Å². The average molecular weight is 387 g/mol. The second-order valence-electron chi connectivity index (χ2n) is 7.29. The molecule has 0 spiro atoms. The van der Waals surface area contributed by atoms with Gasteiger partial charge in [-0.1, -0.05) is 85.6 Å². The van der Waals surface area contributed by atoms with Crippen molar-refractivity contribution in [3.63, 3.8) is 0 Å². The van der Waals surface area contributed by atoms with E-state index in [2.05, 4.69) is 51.8 Å². The van der Waals surface area contributed by atoms with Crippen molar-refractivity contribution in [1.82, 2.24) is 25.6 Å². The molecule has 0 aliphatic heterocycles. The van der Waals surface area contributed by atoms with E-state index in [0.717, 1.165) is 66.4 Å². The van der Waals surface area contributed by atoms with Crippen molar-refractivity contribution in [2.24, 2.45) is 0 Å². The van der Waals surface area contributed by atoms with E-state index >= 15 is 0 Å². The Morgan fingerprint density at radius 2 is 1.62 bits per heavy atom. The van der Waals surface area contributed by atoms with Crippen LogP contribution in [0.5, 0.6) is 0 Å². The molecule has 2 aromatic carbocycles. The lowest BCUT2D eigenvalue weighted by Crippen LogP contribution is -1.97. The molecule has 0 fully saturated rings. The van der Waals surface area contributed by atoms with Crippen molar-refractivity contribution in [1.29, 1.82) is 0 Å². The molecule has 0 saturated carbocycles. The highest BCUT2D eigenvalue weighted by atomic mass is 16.4. The summed E-state index contributed by atoms with van der Waals surface area (Å²) in [5.41, 5.74) is 3.05. The third kappa shape index (κ3) is 4.77. The number of aryl methyl sites for hydroxylation is 1. The SMILES string of the molecule is CC(CCCCCc1nc(-c2ccccc2)c(-c2ccccc2)o1)c1nn[nH]n1. The van der Waals surface area contributed by atoms with E-state index in [1.165, 1.54) is 0 Å². The number of benzene rings is 2. The highest BCUT2D eigenvalue weighted by molar-refractivity contribution is 5.76. The van der Waals surface area contributed by atoms with Crippen LogP contribution in [-0.4, -0.2) is 25.6 Å². The number of rotatable bonds is 9. The molecule has 4 rings (SSSR count). The maximum absolute atomic E-state index is 6.20. The van der Waals surface area contributed by atoms with Crippen LogP contribution in [0.2, 0.25) is 0 Å². The van der Waals surface area contributed by atoms with Gasteiger partial charge in [-0.15, -0.1) is 10.2 Å². The van der Waals surface area contributed by atoms with E-state index < -0.39 is 0 Å². The van der Waals surface area contributed by atoms with Gasteiger partial charge < -0.3 is 4.42 Å². The Labute approximate surface area is 170 Å². The summed E-state index contributed by atoms with van der Waals surface area (Å²) in [5.74, 6) is 2.76. The third-order valence-electron chi connectivity index (χ3n) is 5.08. The van der Waals surface area contributed by atoms with E-state index in [4.69, 9.17) is 9.40 Å². The molecule has 148 valence electrons. The standard InChI is InChI=1S/C23H25N5O/c1-17(23-25-27-28-26-23)11-5-2-10-16-20-24-21(18-12-6-3-7-13-18)22(29-20)19-14-8-4-9-15-19/h3-4,6-9,12-15,17H,2,5,10-11,16H2,1H3,(H,25,26,27,28). The number of unbranched alkanes of at least 4 members (excludes halogenated alkanes) is 2. The molecule has 1 atom stereocenters. The highest BCUT2D eigenvalue weighted by Crippen LogP contribution is 2.33. The van der Waals surface area contributed by atoms with Crippen LogP contribution < -0.4 is 0 Å². The minimum Gasteiger partial charge on any atom is -0.440 e. The average Bonchev–Trinajstić information content (AvgIpc) is 3.45. The van der Waals surface area contributed by atoms with Crippen molar-refractivity contribution in [3.05, 3.63) is 72.4 Å². The molecule has 0 aliphatic carbocycles. The molecule has 0 aliphatic rings.